The maximum atomic E-state index is 14.4. The van der Waals surface area contributed by atoms with Crippen molar-refractivity contribution in [2.75, 3.05) is 26.2 Å². The first-order valence-corrected chi connectivity index (χ1v) is 17.9. The van der Waals surface area contributed by atoms with Crippen LogP contribution in [0.3, 0.4) is 0 Å². The molecule has 280 valence electrons. The molecule has 2 atom stereocenters. The van der Waals surface area contributed by atoms with E-state index in [2.05, 4.69) is 20.8 Å². The number of pyridine rings is 1. The number of carboxylic acid groups (broad SMARTS) is 1. The Labute approximate surface area is 315 Å². The lowest BCUT2D eigenvalue weighted by atomic mass is 9.92. The Hall–Kier alpha value is -5.86. The van der Waals surface area contributed by atoms with Gasteiger partial charge in [0.2, 0.25) is 11.6 Å². The molecule has 0 saturated carbocycles. The SMILES string of the molecule is [C-]#[N+]c1cc(CN2CC[C@@H](O)C2)cc2nc(-c3cccc(-c4ccnc(/C=C/c5cc(C)c(CN6CC[C@@H](C(=O)O)C6)cc5C(F)(F)F)c4C#N)c3C)oc12. The lowest BCUT2D eigenvalue weighted by Crippen LogP contribution is -2.23. The predicted molar refractivity (Wildman–Crippen MR) is 200 cm³/mol. The van der Waals surface area contributed by atoms with Gasteiger partial charge >= 0.3 is 12.1 Å². The quantitative estimate of drug-likeness (QED) is 0.143. The molecule has 55 heavy (non-hydrogen) atoms. The van der Waals surface area contributed by atoms with Gasteiger partial charge in [-0.25, -0.2) is 9.83 Å². The van der Waals surface area contributed by atoms with E-state index in [1.54, 1.807) is 25.1 Å². The topological polar surface area (TPSA) is 131 Å². The molecule has 2 saturated heterocycles. The molecule has 2 aliphatic heterocycles. The molecule has 2 N–H and O–H groups in total. The van der Waals surface area contributed by atoms with Gasteiger partial charge in [-0.05, 0) is 103 Å². The predicted octanol–water partition coefficient (Wildman–Crippen LogP) is 8.26. The van der Waals surface area contributed by atoms with Crippen LogP contribution in [0.2, 0.25) is 0 Å². The highest BCUT2D eigenvalue weighted by atomic mass is 19.4. The molecule has 0 amide bonds. The van der Waals surface area contributed by atoms with E-state index in [1.807, 2.05) is 30.0 Å². The van der Waals surface area contributed by atoms with Gasteiger partial charge in [-0.15, -0.1) is 0 Å². The van der Waals surface area contributed by atoms with Crippen molar-refractivity contribution in [1.82, 2.24) is 19.8 Å². The Morgan fingerprint density at radius 2 is 1.82 bits per heavy atom. The number of β-amino-alcohol motifs (C(OH)–C–C–N with tert-alkyl or cyclic N) is 1. The summed E-state index contributed by atoms with van der Waals surface area (Å²) in [6, 6.07) is 15.6. The number of aliphatic hydroxyl groups excluding tert-OH is 1. The van der Waals surface area contributed by atoms with Crippen LogP contribution in [0.4, 0.5) is 18.9 Å². The van der Waals surface area contributed by atoms with E-state index in [0.717, 1.165) is 23.7 Å². The number of benzene rings is 3. The maximum Gasteiger partial charge on any atom is 0.416 e. The summed E-state index contributed by atoms with van der Waals surface area (Å²) >= 11 is 0. The number of aryl methyl sites for hydroxylation is 1. The van der Waals surface area contributed by atoms with Crippen molar-refractivity contribution in [2.45, 2.75) is 52.1 Å². The van der Waals surface area contributed by atoms with Crippen molar-refractivity contribution in [2.24, 2.45) is 5.92 Å². The molecule has 2 fully saturated rings. The first-order chi connectivity index (χ1) is 26.3. The van der Waals surface area contributed by atoms with Crippen LogP contribution in [0.15, 0.2) is 59.1 Å². The van der Waals surface area contributed by atoms with Crippen molar-refractivity contribution in [3.05, 3.63) is 111 Å². The highest BCUT2D eigenvalue weighted by molar-refractivity contribution is 5.90. The molecule has 0 unspecified atom stereocenters. The molecule has 5 aromatic rings. The zero-order valence-corrected chi connectivity index (χ0v) is 30.2. The number of nitrogens with zero attached hydrogens (tertiary/aromatic N) is 6. The summed E-state index contributed by atoms with van der Waals surface area (Å²) in [6.07, 6.45) is 0.364. The molecule has 2 aromatic heterocycles. The monoisotopic (exact) mass is 746 g/mol. The molecule has 0 bridgehead atoms. The smallest absolute Gasteiger partial charge is 0.416 e. The number of carbonyl (C=O) groups is 1. The average Bonchev–Trinajstić information content (AvgIpc) is 3.91. The van der Waals surface area contributed by atoms with Gasteiger partial charge in [-0.2, -0.15) is 18.4 Å². The molecular weight excluding hydrogens is 709 g/mol. The van der Waals surface area contributed by atoms with E-state index in [4.69, 9.17) is 16.0 Å². The van der Waals surface area contributed by atoms with Gasteiger partial charge in [-0.3, -0.25) is 19.6 Å². The van der Waals surface area contributed by atoms with E-state index >= 15 is 0 Å². The number of aromatic nitrogens is 2. The molecule has 3 aromatic carbocycles. The molecule has 10 nitrogen and oxygen atoms in total. The largest absolute Gasteiger partial charge is 0.481 e. The Kier molecular flexibility index (Phi) is 10.3. The first kappa shape index (κ1) is 37.5. The molecule has 0 spiro atoms. The highest BCUT2D eigenvalue weighted by Gasteiger charge is 2.34. The Balaban J connectivity index is 1.20. The average molecular weight is 747 g/mol. The van der Waals surface area contributed by atoms with Crippen LogP contribution in [0.1, 0.15) is 57.5 Å². The Morgan fingerprint density at radius 3 is 2.51 bits per heavy atom. The fraction of sp³-hybridized carbons (Fsp3) is 0.310. The van der Waals surface area contributed by atoms with Crippen LogP contribution in [-0.4, -0.2) is 68.2 Å². The zero-order chi connectivity index (χ0) is 39.0. The number of halogens is 3. The van der Waals surface area contributed by atoms with Gasteiger partial charge in [-0.1, -0.05) is 24.3 Å². The van der Waals surface area contributed by atoms with Crippen molar-refractivity contribution in [3.8, 4) is 28.7 Å². The minimum atomic E-state index is -4.67. The molecular formula is C42H37F3N6O4. The van der Waals surface area contributed by atoms with Crippen LogP contribution in [0.25, 0.3) is 50.7 Å². The van der Waals surface area contributed by atoms with E-state index in [9.17, 15) is 33.4 Å². The van der Waals surface area contributed by atoms with E-state index in [1.165, 1.54) is 24.4 Å². The van der Waals surface area contributed by atoms with Crippen LogP contribution >= 0.6 is 0 Å². The summed E-state index contributed by atoms with van der Waals surface area (Å²) in [4.78, 5) is 28.2. The summed E-state index contributed by atoms with van der Waals surface area (Å²) in [5, 5.41) is 29.7. The molecule has 4 heterocycles. The molecule has 2 aliphatic rings. The van der Waals surface area contributed by atoms with Crippen molar-refractivity contribution in [1.29, 1.82) is 5.26 Å². The number of carboxylic acids is 1. The van der Waals surface area contributed by atoms with E-state index in [-0.39, 0.29) is 36.0 Å². The number of likely N-dealkylation sites (tertiary alicyclic amines) is 2. The van der Waals surface area contributed by atoms with Crippen LogP contribution in [-0.2, 0) is 24.1 Å². The minimum Gasteiger partial charge on any atom is -0.481 e. The van der Waals surface area contributed by atoms with Crippen molar-refractivity contribution >= 4 is 34.9 Å². The van der Waals surface area contributed by atoms with Gasteiger partial charge in [0, 0.05) is 50.0 Å². The van der Waals surface area contributed by atoms with Gasteiger partial charge < -0.3 is 14.6 Å². The third kappa shape index (κ3) is 7.73. The molecule has 0 radical (unpaired) electrons. The summed E-state index contributed by atoms with van der Waals surface area (Å²) < 4.78 is 49.4. The Bertz CT molecular complexity index is 2430. The van der Waals surface area contributed by atoms with Gasteiger partial charge in [0.05, 0.1) is 40.9 Å². The van der Waals surface area contributed by atoms with Gasteiger partial charge in [0.25, 0.3) is 0 Å². The van der Waals surface area contributed by atoms with Crippen LogP contribution in [0, 0.1) is 37.7 Å². The third-order valence-corrected chi connectivity index (χ3v) is 10.5. The normalized spacial score (nSPS) is 18.0. The first-order valence-electron chi connectivity index (χ1n) is 17.9. The van der Waals surface area contributed by atoms with E-state index in [0.29, 0.717) is 83.0 Å². The number of hydrogen-bond donors (Lipinski definition) is 2. The van der Waals surface area contributed by atoms with Crippen molar-refractivity contribution in [3.63, 3.8) is 0 Å². The number of aliphatic hydroxyl groups is 1. The molecule has 0 aliphatic carbocycles. The number of fused-ring (bicyclic) bond motifs is 1. The number of hydrogen-bond acceptors (Lipinski definition) is 8. The second kappa shape index (κ2) is 15.1. The molecule has 7 rings (SSSR count). The van der Waals surface area contributed by atoms with Crippen molar-refractivity contribution < 1.29 is 32.6 Å². The summed E-state index contributed by atoms with van der Waals surface area (Å²) in [7, 11) is 0. The second-order valence-electron chi connectivity index (χ2n) is 14.2. The van der Waals surface area contributed by atoms with Crippen LogP contribution < -0.4 is 0 Å². The lowest BCUT2D eigenvalue weighted by molar-refractivity contribution is -0.141. The summed E-state index contributed by atoms with van der Waals surface area (Å²) in [5.41, 5.74) is 5.24. The number of alkyl halides is 3. The Morgan fingerprint density at radius 1 is 1.05 bits per heavy atom. The number of nitriles is 1. The zero-order valence-electron chi connectivity index (χ0n) is 30.2. The molecule has 13 heteroatoms. The third-order valence-electron chi connectivity index (χ3n) is 10.5. The number of oxazole rings is 1. The highest BCUT2D eigenvalue weighted by Crippen LogP contribution is 2.39. The standard InChI is InChI=1S/C42H37F3N6O4/c1-24-15-27(35(42(43,44)45)18-29(24)22-51-13-10-28(21-51)41(53)54)7-8-36-34(19-46)33(9-12-48-36)31-5-4-6-32(25(31)2)40-49-38-17-26(16-37(47-3)39(38)55-40)20-50-14-11-30(52)23-50/h4-9,12,15-18,28,30,52H,10-11,13-14,20-23H2,1-2H3,(H,53,54)/b8-7+/t28-,30-/m1/s1. The lowest BCUT2D eigenvalue weighted by Gasteiger charge is -2.20. The van der Waals surface area contributed by atoms with Crippen LogP contribution in [0.5, 0.6) is 0 Å². The fourth-order valence-electron chi connectivity index (χ4n) is 7.60. The number of aliphatic carboxylic acids is 1. The van der Waals surface area contributed by atoms with Gasteiger partial charge in [0.15, 0.2) is 5.58 Å². The second-order valence-corrected chi connectivity index (χ2v) is 14.2. The van der Waals surface area contributed by atoms with Gasteiger partial charge in [0.1, 0.15) is 6.07 Å². The summed E-state index contributed by atoms with van der Waals surface area (Å²) in [5.74, 6) is -1.15. The summed E-state index contributed by atoms with van der Waals surface area (Å²) in [6.45, 7) is 14.3. The number of rotatable bonds is 9. The minimum absolute atomic E-state index is 0.0798. The fourth-order valence-corrected chi connectivity index (χ4v) is 7.60. The maximum absolute atomic E-state index is 14.4. The van der Waals surface area contributed by atoms with E-state index < -0.39 is 23.6 Å².